The van der Waals surface area contributed by atoms with Gasteiger partial charge in [-0.1, -0.05) is 6.07 Å². The summed E-state index contributed by atoms with van der Waals surface area (Å²) in [5, 5.41) is 9.01. The quantitative estimate of drug-likeness (QED) is 0.815. The van der Waals surface area contributed by atoms with Gasteiger partial charge in [-0.05, 0) is 49.2 Å². The maximum atomic E-state index is 12.6. The zero-order valence-electron chi connectivity index (χ0n) is 14.9. The van der Waals surface area contributed by atoms with E-state index in [1.165, 1.54) is 18.2 Å². The molecule has 0 saturated carbocycles. The number of piperidine rings is 1. The van der Waals surface area contributed by atoms with E-state index < -0.39 is 5.97 Å². The van der Waals surface area contributed by atoms with Gasteiger partial charge in [-0.25, -0.2) is 9.78 Å². The lowest BCUT2D eigenvalue weighted by atomic mass is 9.88. The van der Waals surface area contributed by atoms with E-state index >= 15 is 0 Å². The van der Waals surface area contributed by atoms with Crippen molar-refractivity contribution in [3.8, 4) is 5.75 Å². The number of carboxylic acid groups (broad SMARTS) is 1. The Labute approximate surface area is 156 Å². The van der Waals surface area contributed by atoms with Gasteiger partial charge in [-0.15, -0.1) is 0 Å². The van der Waals surface area contributed by atoms with Gasteiger partial charge >= 0.3 is 5.97 Å². The number of benzene rings is 1. The van der Waals surface area contributed by atoms with Gasteiger partial charge in [0.25, 0.3) is 5.91 Å². The summed E-state index contributed by atoms with van der Waals surface area (Å²) in [6, 6.07) is 11.4. The zero-order chi connectivity index (χ0) is 19.4. The Hall–Kier alpha value is -3.22. The van der Waals surface area contributed by atoms with E-state index in [-0.39, 0.29) is 29.0 Å². The number of pyridine rings is 1. The van der Waals surface area contributed by atoms with Crippen molar-refractivity contribution in [2.45, 2.75) is 12.8 Å². The number of nitrogens with zero attached hydrogens (tertiary/aromatic N) is 2. The van der Waals surface area contributed by atoms with Gasteiger partial charge in [-0.2, -0.15) is 0 Å². The van der Waals surface area contributed by atoms with Gasteiger partial charge in [0, 0.05) is 24.6 Å². The van der Waals surface area contributed by atoms with Gasteiger partial charge in [0.2, 0.25) is 0 Å². The van der Waals surface area contributed by atoms with E-state index in [1.807, 2.05) is 0 Å². The molecule has 0 radical (unpaired) electrons. The van der Waals surface area contributed by atoms with Crippen LogP contribution >= 0.6 is 0 Å². The number of carbonyl (C=O) groups excluding carboxylic acids is 2. The highest BCUT2D eigenvalue weighted by atomic mass is 16.5. The summed E-state index contributed by atoms with van der Waals surface area (Å²) >= 11 is 0. The standard InChI is InChI=1S/C20H20N2O5/c1-27-15-7-5-13(6-8-15)18(23)14-9-11-22(12-10-14)19(24)16-3-2-4-17(21-16)20(25)26/h2-8,14H,9-12H2,1H3,(H,25,26). The number of amides is 1. The summed E-state index contributed by atoms with van der Waals surface area (Å²) in [7, 11) is 1.57. The normalized spacial score (nSPS) is 14.6. The number of aromatic nitrogens is 1. The predicted molar refractivity (Wildman–Crippen MR) is 97.1 cm³/mol. The molecule has 1 aliphatic rings. The molecule has 3 rings (SSSR count). The van der Waals surface area contributed by atoms with E-state index in [0.29, 0.717) is 37.2 Å². The lowest BCUT2D eigenvalue weighted by Crippen LogP contribution is -2.40. The number of hydrogen-bond acceptors (Lipinski definition) is 5. The van der Waals surface area contributed by atoms with E-state index in [4.69, 9.17) is 9.84 Å². The number of aromatic carboxylic acids is 1. The Balaban J connectivity index is 1.62. The number of carboxylic acids is 1. The smallest absolute Gasteiger partial charge is 0.354 e. The van der Waals surface area contributed by atoms with Crippen LogP contribution in [-0.4, -0.2) is 52.8 Å². The molecular formula is C20H20N2O5. The fourth-order valence-electron chi connectivity index (χ4n) is 3.17. The van der Waals surface area contributed by atoms with Crippen LogP contribution in [0, 0.1) is 5.92 Å². The summed E-state index contributed by atoms with van der Waals surface area (Å²) < 4.78 is 5.10. The maximum absolute atomic E-state index is 12.6. The van der Waals surface area contributed by atoms with Crippen LogP contribution in [0.4, 0.5) is 0 Å². The van der Waals surface area contributed by atoms with Crippen LogP contribution in [0.3, 0.4) is 0 Å². The average molecular weight is 368 g/mol. The molecule has 0 spiro atoms. The van der Waals surface area contributed by atoms with Crippen LogP contribution in [0.2, 0.25) is 0 Å². The second-order valence-corrected chi connectivity index (χ2v) is 6.37. The number of Topliss-reactive ketones (excluding diaryl/α,β-unsaturated/α-hetero) is 1. The molecule has 7 nitrogen and oxygen atoms in total. The molecule has 1 fully saturated rings. The lowest BCUT2D eigenvalue weighted by Gasteiger charge is -2.31. The fourth-order valence-corrected chi connectivity index (χ4v) is 3.17. The largest absolute Gasteiger partial charge is 0.497 e. The second kappa shape index (κ2) is 7.99. The third kappa shape index (κ3) is 4.13. The third-order valence-electron chi connectivity index (χ3n) is 4.71. The van der Waals surface area contributed by atoms with Gasteiger partial charge in [0.1, 0.15) is 17.1 Å². The molecule has 2 heterocycles. The summed E-state index contributed by atoms with van der Waals surface area (Å²) in [6.07, 6.45) is 1.13. The molecule has 1 N–H and O–H groups in total. The molecule has 1 saturated heterocycles. The fraction of sp³-hybridized carbons (Fsp3) is 0.300. The lowest BCUT2D eigenvalue weighted by molar-refractivity contribution is 0.0643. The number of rotatable bonds is 5. The Morgan fingerprint density at radius 1 is 1.04 bits per heavy atom. The highest BCUT2D eigenvalue weighted by molar-refractivity contribution is 5.98. The zero-order valence-corrected chi connectivity index (χ0v) is 14.9. The van der Waals surface area contributed by atoms with Crippen molar-refractivity contribution < 1.29 is 24.2 Å². The van der Waals surface area contributed by atoms with Crippen molar-refractivity contribution in [3.05, 3.63) is 59.4 Å². The van der Waals surface area contributed by atoms with Gasteiger partial charge in [0.05, 0.1) is 7.11 Å². The Morgan fingerprint density at radius 2 is 1.67 bits per heavy atom. The molecule has 0 bridgehead atoms. The topological polar surface area (TPSA) is 96.8 Å². The van der Waals surface area contributed by atoms with Gasteiger partial charge in [-0.3, -0.25) is 9.59 Å². The highest BCUT2D eigenvalue weighted by Gasteiger charge is 2.29. The van der Waals surface area contributed by atoms with Crippen LogP contribution < -0.4 is 4.74 Å². The molecule has 140 valence electrons. The van der Waals surface area contributed by atoms with Crippen molar-refractivity contribution in [1.29, 1.82) is 0 Å². The minimum Gasteiger partial charge on any atom is -0.497 e. The number of likely N-dealkylation sites (tertiary alicyclic amines) is 1. The third-order valence-corrected chi connectivity index (χ3v) is 4.71. The van der Waals surface area contributed by atoms with Crippen LogP contribution in [0.15, 0.2) is 42.5 Å². The molecule has 7 heteroatoms. The molecule has 0 unspecified atom stereocenters. The number of ketones is 1. The van der Waals surface area contributed by atoms with Gasteiger partial charge in [0.15, 0.2) is 5.78 Å². The summed E-state index contributed by atoms with van der Waals surface area (Å²) in [5.74, 6) is -0.860. The van der Waals surface area contributed by atoms with Crippen molar-refractivity contribution in [2.24, 2.45) is 5.92 Å². The first-order valence-electron chi connectivity index (χ1n) is 8.67. The van der Waals surface area contributed by atoms with E-state index in [0.717, 1.165) is 0 Å². The van der Waals surface area contributed by atoms with E-state index in [2.05, 4.69) is 4.98 Å². The van der Waals surface area contributed by atoms with Crippen molar-refractivity contribution >= 4 is 17.7 Å². The minimum absolute atomic E-state index is 0.0655. The van der Waals surface area contributed by atoms with Crippen LogP contribution in [0.1, 0.15) is 44.2 Å². The van der Waals surface area contributed by atoms with Crippen molar-refractivity contribution in [3.63, 3.8) is 0 Å². The summed E-state index contributed by atoms with van der Waals surface area (Å²) in [6.45, 7) is 0.870. The predicted octanol–water partition coefficient (Wildman–Crippen LogP) is 2.52. The molecule has 1 aromatic carbocycles. The van der Waals surface area contributed by atoms with Crippen molar-refractivity contribution in [2.75, 3.05) is 20.2 Å². The first-order chi connectivity index (χ1) is 13.0. The molecule has 0 aliphatic carbocycles. The minimum atomic E-state index is -1.17. The SMILES string of the molecule is COc1ccc(C(=O)C2CCN(C(=O)c3cccc(C(=O)O)n3)CC2)cc1. The summed E-state index contributed by atoms with van der Waals surface area (Å²) in [4.78, 5) is 41.7. The number of carbonyl (C=O) groups is 3. The van der Waals surface area contributed by atoms with Crippen molar-refractivity contribution in [1.82, 2.24) is 9.88 Å². The first kappa shape index (κ1) is 18.6. The number of ether oxygens (including phenoxy) is 1. The molecule has 1 aromatic heterocycles. The molecule has 1 amide bonds. The average Bonchev–Trinajstić information content (AvgIpc) is 2.73. The second-order valence-electron chi connectivity index (χ2n) is 6.37. The molecular weight excluding hydrogens is 348 g/mol. The van der Waals surface area contributed by atoms with Crippen LogP contribution in [0.5, 0.6) is 5.75 Å². The van der Waals surface area contributed by atoms with E-state index in [1.54, 1.807) is 36.3 Å². The van der Waals surface area contributed by atoms with E-state index in [9.17, 15) is 14.4 Å². The first-order valence-corrected chi connectivity index (χ1v) is 8.67. The number of hydrogen-bond donors (Lipinski definition) is 1. The van der Waals surface area contributed by atoms with Crippen LogP contribution in [0.25, 0.3) is 0 Å². The molecule has 27 heavy (non-hydrogen) atoms. The molecule has 2 aromatic rings. The Kier molecular flexibility index (Phi) is 5.49. The monoisotopic (exact) mass is 368 g/mol. The Bertz CT molecular complexity index is 855. The molecule has 1 aliphatic heterocycles. The van der Waals surface area contributed by atoms with Gasteiger partial charge < -0.3 is 14.7 Å². The van der Waals surface area contributed by atoms with Crippen LogP contribution in [-0.2, 0) is 0 Å². The maximum Gasteiger partial charge on any atom is 0.354 e. The number of methoxy groups -OCH3 is 1. The summed E-state index contributed by atoms with van der Waals surface area (Å²) in [5.41, 5.74) is 0.580. The Morgan fingerprint density at radius 3 is 2.26 bits per heavy atom. The molecule has 0 atom stereocenters. The highest BCUT2D eigenvalue weighted by Crippen LogP contribution is 2.24.